The number of aromatic nitrogens is 1. The second-order valence-corrected chi connectivity index (χ2v) is 8.98. The highest BCUT2D eigenvalue weighted by Crippen LogP contribution is 2.32. The molecule has 0 bridgehead atoms. The van der Waals surface area contributed by atoms with Crippen molar-refractivity contribution in [3.05, 3.63) is 65.4 Å². The number of carbonyl (C=O) groups is 2. The summed E-state index contributed by atoms with van der Waals surface area (Å²) in [7, 11) is 0. The molecule has 0 amide bonds. The lowest BCUT2D eigenvalue weighted by Crippen LogP contribution is -2.50. The minimum atomic E-state index is -1.82. The lowest BCUT2D eigenvalue weighted by molar-refractivity contribution is -0.159. The highest BCUT2D eigenvalue weighted by atomic mass is 16.6. The topological polar surface area (TPSA) is 125 Å². The Morgan fingerprint density at radius 2 is 1.72 bits per heavy atom. The molecule has 0 saturated carbocycles. The number of carboxylic acids is 2. The zero-order valence-electron chi connectivity index (χ0n) is 20.1. The number of benzene rings is 1. The molecular formula is C26H30N4O6. The van der Waals surface area contributed by atoms with Gasteiger partial charge in [0.1, 0.15) is 12.3 Å². The third kappa shape index (κ3) is 6.46. The summed E-state index contributed by atoms with van der Waals surface area (Å²) in [6.07, 6.45) is 4.09. The molecule has 2 unspecified atom stereocenters. The summed E-state index contributed by atoms with van der Waals surface area (Å²) in [6.45, 7) is 9.00. The maximum absolute atomic E-state index is 9.10. The van der Waals surface area contributed by atoms with Crippen LogP contribution in [0.3, 0.4) is 0 Å². The van der Waals surface area contributed by atoms with Gasteiger partial charge < -0.3 is 19.8 Å². The molecule has 3 aliphatic rings. The Kier molecular flexibility index (Phi) is 8.29. The SMILES string of the molecule is C/C(=C\c1ccccc1)CN1CCN(CC2ON=C3c4cccnc4OCC32)CC1.O=C(O)C(=O)O. The number of fused-ring (bicyclic) bond motifs is 3. The van der Waals surface area contributed by atoms with Crippen molar-refractivity contribution in [3.8, 4) is 5.88 Å². The fraction of sp³-hybridized carbons (Fsp3) is 0.385. The predicted octanol–water partition coefficient (Wildman–Crippen LogP) is 2.07. The van der Waals surface area contributed by atoms with E-state index in [9.17, 15) is 0 Å². The first-order chi connectivity index (χ1) is 17.4. The molecule has 1 aromatic carbocycles. The minimum Gasteiger partial charge on any atom is -0.476 e. The second kappa shape index (κ2) is 11.8. The maximum atomic E-state index is 9.10. The van der Waals surface area contributed by atoms with Gasteiger partial charge in [-0.15, -0.1) is 0 Å². The molecule has 2 N–H and O–H groups in total. The lowest BCUT2D eigenvalue weighted by atomic mass is 9.91. The molecule has 10 heteroatoms. The van der Waals surface area contributed by atoms with Crippen LogP contribution in [0.15, 0.2) is 59.4 Å². The number of piperazine rings is 1. The molecule has 1 fully saturated rings. The molecule has 5 rings (SSSR count). The van der Waals surface area contributed by atoms with Crippen molar-refractivity contribution in [2.75, 3.05) is 45.9 Å². The Morgan fingerprint density at radius 3 is 2.42 bits per heavy atom. The van der Waals surface area contributed by atoms with Crippen molar-refractivity contribution >= 4 is 23.7 Å². The monoisotopic (exact) mass is 494 g/mol. The molecule has 4 heterocycles. The van der Waals surface area contributed by atoms with Crippen LogP contribution in [0.25, 0.3) is 6.08 Å². The Morgan fingerprint density at radius 1 is 1.03 bits per heavy atom. The van der Waals surface area contributed by atoms with Gasteiger partial charge in [-0.25, -0.2) is 14.6 Å². The molecule has 3 aliphatic heterocycles. The summed E-state index contributed by atoms with van der Waals surface area (Å²) >= 11 is 0. The van der Waals surface area contributed by atoms with Crippen LogP contribution in [0.2, 0.25) is 0 Å². The highest BCUT2D eigenvalue weighted by molar-refractivity contribution is 6.27. The van der Waals surface area contributed by atoms with Crippen molar-refractivity contribution in [1.29, 1.82) is 0 Å². The van der Waals surface area contributed by atoms with Gasteiger partial charge in [0.2, 0.25) is 5.88 Å². The van der Waals surface area contributed by atoms with Crippen LogP contribution in [-0.2, 0) is 14.4 Å². The number of oxime groups is 1. The van der Waals surface area contributed by atoms with E-state index in [1.165, 1.54) is 11.1 Å². The van der Waals surface area contributed by atoms with Gasteiger partial charge in [-0.05, 0) is 24.6 Å². The normalized spacial score (nSPS) is 21.6. The molecule has 0 spiro atoms. The van der Waals surface area contributed by atoms with E-state index in [0.717, 1.165) is 50.5 Å². The average molecular weight is 495 g/mol. The standard InChI is InChI=1S/C24H28N4O2.C2H2O4/c1-18(14-19-6-3-2-4-7-19)15-27-10-12-28(13-11-27)16-22-21-17-29-24-20(8-5-9-25-24)23(21)26-30-22;3-1(4)2(5)6/h2-9,14,21-22H,10-13,15-17H2,1H3;(H,3,4)(H,5,6)/b18-14+;. The van der Waals surface area contributed by atoms with Gasteiger partial charge in [-0.2, -0.15) is 0 Å². The van der Waals surface area contributed by atoms with Crippen LogP contribution in [0.5, 0.6) is 5.88 Å². The number of rotatable bonds is 5. The molecule has 36 heavy (non-hydrogen) atoms. The number of ether oxygens (including phenoxy) is 1. The molecular weight excluding hydrogens is 464 g/mol. The van der Waals surface area contributed by atoms with Crippen LogP contribution in [-0.4, -0.2) is 94.6 Å². The van der Waals surface area contributed by atoms with Gasteiger partial charge in [0.05, 0.1) is 11.5 Å². The van der Waals surface area contributed by atoms with E-state index in [1.807, 2.05) is 12.1 Å². The molecule has 190 valence electrons. The number of nitrogens with zero attached hydrogens (tertiary/aromatic N) is 4. The molecule has 2 aromatic rings. The Balaban J connectivity index is 0.000000455. The van der Waals surface area contributed by atoms with Crippen LogP contribution in [0.1, 0.15) is 18.1 Å². The van der Waals surface area contributed by atoms with Gasteiger partial charge in [0.15, 0.2) is 6.10 Å². The minimum absolute atomic E-state index is 0.0552. The molecule has 2 atom stereocenters. The second-order valence-electron chi connectivity index (χ2n) is 8.98. The summed E-state index contributed by atoms with van der Waals surface area (Å²) in [5, 5.41) is 19.2. The van der Waals surface area contributed by atoms with Gasteiger partial charge in [-0.3, -0.25) is 9.80 Å². The first kappa shape index (κ1) is 25.3. The number of hydrogen-bond acceptors (Lipinski definition) is 8. The Hall–Kier alpha value is -3.76. The quantitative estimate of drug-likeness (QED) is 0.601. The zero-order chi connectivity index (χ0) is 25.5. The van der Waals surface area contributed by atoms with E-state index in [0.29, 0.717) is 12.5 Å². The first-order valence-electron chi connectivity index (χ1n) is 11.9. The number of carboxylic acid groups (broad SMARTS) is 2. The first-order valence-corrected chi connectivity index (χ1v) is 11.9. The Bertz CT molecular complexity index is 1120. The van der Waals surface area contributed by atoms with E-state index >= 15 is 0 Å². The van der Waals surface area contributed by atoms with Crippen molar-refractivity contribution in [1.82, 2.24) is 14.8 Å². The lowest BCUT2D eigenvalue weighted by Gasteiger charge is -2.36. The van der Waals surface area contributed by atoms with Gasteiger partial charge in [0, 0.05) is 45.5 Å². The summed E-state index contributed by atoms with van der Waals surface area (Å²) in [4.78, 5) is 33.4. The van der Waals surface area contributed by atoms with E-state index in [4.69, 9.17) is 29.4 Å². The van der Waals surface area contributed by atoms with Crippen molar-refractivity contribution < 1.29 is 29.4 Å². The largest absolute Gasteiger partial charge is 0.476 e. The summed E-state index contributed by atoms with van der Waals surface area (Å²) in [5.74, 6) is -2.79. The summed E-state index contributed by atoms with van der Waals surface area (Å²) in [6, 6.07) is 14.5. The molecule has 0 radical (unpaired) electrons. The van der Waals surface area contributed by atoms with E-state index < -0.39 is 11.9 Å². The van der Waals surface area contributed by atoms with Crippen molar-refractivity contribution in [3.63, 3.8) is 0 Å². The van der Waals surface area contributed by atoms with Crippen molar-refractivity contribution in [2.24, 2.45) is 11.1 Å². The van der Waals surface area contributed by atoms with Crippen LogP contribution in [0, 0.1) is 5.92 Å². The zero-order valence-corrected chi connectivity index (χ0v) is 20.1. The number of hydrogen-bond donors (Lipinski definition) is 2. The van der Waals surface area contributed by atoms with Gasteiger partial charge in [0.25, 0.3) is 0 Å². The third-order valence-corrected chi connectivity index (χ3v) is 6.30. The Labute approximate surface area is 209 Å². The van der Waals surface area contributed by atoms with Gasteiger partial charge >= 0.3 is 11.9 Å². The number of pyridine rings is 1. The average Bonchev–Trinajstić information content (AvgIpc) is 3.29. The fourth-order valence-corrected chi connectivity index (χ4v) is 4.52. The van der Waals surface area contributed by atoms with E-state index in [2.05, 4.69) is 63.3 Å². The van der Waals surface area contributed by atoms with Crippen LogP contribution < -0.4 is 4.74 Å². The van der Waals surface area contributed by atoms with Crippen LogP contribution in [0.4, 0.5) is 0 Å². The molecule has 10 nitrogen and oxygen atoms in total. The van der Waals surface area contributed by atoms with Crippen LogP contribution >= 0.6 is 0 Å². The summed E-state index contributed by atoms with van der Waals surface area (Å²) in [5.41, 5.74) is 4.64. The molecule has 1 aromatic heterocycles. The third-order valence-electron chi connectivity index (χ3n) is 6.30. The van der Waals surface area contributed by atoms with E-state index in [-0.39, 0.29) is 12.0 Å². The molecule has 0 aliphatic carbocycles. The number of aliphatic carboxylic acids is 2. The highest BCUT2D eigenvalue weighted by Gasteiger charge is 2.41. The van der Waals surface area contributed by atoms with Gasteiger partial charge in [-0.1, -0.05) is 47.1 Å². The smallest absolute Gasteiger partial charge is 0.414 e. The summed E-state index contributed by atoms with van der Waals surface area (Å²) < 4.78 is 5.86. The molecule has 1 saturated heterocycles. The fourth-order valence-electron chi connectivity index (χ4n) is 4.52. The maximum Gasteiger partial charge on any atom is 0.414 e. The predicted molar refractivity (Wildman–Crippen MR) is 133 cm³/mol. The van der Waals surface area contributed by atoms with Crippen molar-refractivity contribution in [2.45, 2.75) is 13.0 Å². The van der Waals surface area contributed by atoms with E-state index in [1.54, 1.807) is 6.20 Å².